The lowest BCUT2D eigenvalue weighted by Crippen LogP contribution is -2.48. The number of aliphatic carboxylic acids is 2. The quantitative estimate of drug-likeness (QED) is 0.581. The fourth-order valence-corrected chi connectivity index (χ4v) is 4.06. The number of hydrogen-bond acceptors (Lipinski definition) is 5. The predicted octanol–water partition coefficient (Wildman–Crippen LogP) is 1.13. The van der Waals surface area contributed by atoms with Crippen LogP contribution in [-0.2, 0) is 14.4 Å². The summed E-state index contributed by atoms with van der Waals surface area (Å²) in [4.78, 5) is 61.2. The second-order valence-electron chi connectivity index (χ2n) is 7.41. The molecular weight excluding hydrogens is 380 g/mol. The molecule has 1 aliphatic heterocycles. The minimum atomic E-state index is -1.53. The average molecular weight is 402 g/mol. The van der Waals surface area contributed by atoms with Gasteiger partial charge < -0.3 is 15.5 Å². The summed E-state index contributed by atoms with van der Waals surface area (Å²) in [7, 11) is 0. The highest BCUT2D eigenvalue weighted by molar-refractivity contribution is 6.21. The number of fused-ring (bicyclic) bond motifs is 1. The number of imide groups is 1. The Morgan fingerprint density at radius 2 is 1.62 bits per heavy atom. The van der Waals surface area contributed by atoms with Gasteiger partial charge in [0.2, 0.25) is 5.91 Å². The molecule has 0 aromatic heterocycles. The van der Waals surface area contributed by atoms with Gasteiger partial charge in [-0.15, -0.1) is 0 Å². The molecule has 9 heteroatoms. The maximum absolute atomic E-state index is 12.7. The van der Waals surface area contributed by atoms with Crippen molar-refractivity contribution in [2.75, 3.05) is 6.54 Å². The van der Waals surface area contributed by atoms with E-state index in [9.17, 15) is 24.0 Å². The van der Waals surface area contributed by atoms with Crippen molar-refractivity contribution in [3.8, 4) is 0 Å². The topological polar surface area (TPSA) is 141 Å². The van der Waals surface area contributed by atoms with Gasteiger partial charge in [0, 0.05) is 12.5 Å². The number of hydrogen-bond donors (Lipinski definition) is 3. The number of nitrogens with zero attached hydrogens (tertiary/aromatic N) is 1. The Morgan fingerprint density at radius 3 is 2.17 bits per heavy atom. The molecule has 3 N–H and O–H groups in total. The van der Waals surface area contributed by atoms with E-state index in [0.29, 0.717) is 24.0 Å². The molecule has 0 spiro atoms. The molecule has 1 aromatic carbocycles. The minimum Gasteiger partial charge on any atom is -0.481 e. The summed E-state index contributed by atoms with van der Waals surface area (Å²) < 4.78 is 0. The summed E-state index contributed by atoms with van der Waals surface area (Å²) >= 11 is 0. The van der Waals surface area contributed by atoms with Crippen LogP contribution in [0.25, 0.3) is 0 Å². The number of carbonyl (C=O) groups is 5. The van der Waals surface area contributed by atoms with E-state index in [4.69, 9.17) is 10.2 Å². The van der Waals surface area contributed by atoms with E-state index in [1.54, 1.807) is 24.3 Å². The monoisotopic (exact) mass is 402 g/mol. The first-order valence-electron chi connectivity index (χ1n) is 9.49. The largest absolute Gasteiger partial charge is 0.481 e. The van der Waals surface area contributed by atoms with Crippen molar-refractivity contribution < 1.29 is 34.2 Å². The lowest BCUT2D eigenvalue weighted by Gasteiger charge is -2.33. The van der Waals surface area contributed by atoms with Gasteiger partial charge >= 0.3 is 11.9 Å². The van der Waals surface area contributed by atoms with E-state index in [1.165, 1.54) is 0 Å². The standard InChI is InChI=1S/C20H22N2O7/c23-16(24)9-15(20(28)29)21-17(25)12-6-2-1-5-11(12)10-22-18(26)13-7-3-4-8-14(13)19(22)27/h3-4,7-8,11-12,15H,1-2,5-6,9-10H2,(H,21,25)(H,23,24)(H,28,29). The molecule has 0 bridgehead atoms. The van der Waals surface area contributed by atoms with Gasteiger partial charge in [0.05, 0.1) is 17.5 Å². The second kappa shape index (κ2) is 8.42. The Bertz CT molecular complexity index is 831. The summed E-state index contributed by atoms with van der Waals surface area (Å²) in [6, 6.07) is 5.01. The molecule has 3 amide bonds. The van der Waals surface area contributed by atoms with Gasteiger partial charge in [-0.25, -0.2) is 4.79 Å². The molecule has 1 fully saturated rings. The van der Waals surface area contributed by atoms with Gasteiger partial charge in [0.15, 0.2) is 0 Å². The molecule has 154 valence electrons. The van der Waals surface area contributed by atoms with Gasteiger partial charge in [0.1, 0.15) is 6.04 Å². The van der Waals surface area contributed by atoms with Crippen LogP contribution in [0.5, 0.6) is 0 Å². The molecule has 1 aromatic rings. The van der Waals surface area contributed by atoms with Crippen LogP contribution < -0.4 is 5.32 Å². The van der Waals surface area contributed by atoms with Crippen LogP contribution in [0, 0.1) is 11.8 Å². The molecule has 2 aliphatic rings. The highest BCUT2D eigenvalue weighted by Crippen LogP contribution is 2.33. The molecule has 3 atom stereocenters. The number of amides is 3. The van der Waals surface area contributed by atoms with E-state index in [0.717, 1.165) is 17.7 Å². The number of rotatable bonds is 7. The molecule has 3 rings (SSSR count). The van der Waals surface area contributed by atoms with E-state index >= 15 is 0 Å². The average Bonchev–Trinajstić information content (AvgIpc) is 2.92. The fraction of sp³-hybridized carbons (Fsp3) is 0.450. The summed E-state index contributed by atoms with van der Waals surface area (Å²) in [6.07, 6.45) is 1.96. The van der Waals surface area contributed by atoms with E-state index in [-0.39, 0.29) is 12.5 Å². The van der Waals surface area contributed by atoms with Crippen LogP contribution in [0.15, 0.2) is 24.3 Å². The zero-order chi connectivity index (χ0) is 21.1. The van der Waals surface area contributed by atoms with Crippen LogP contribution in [0.1, 0.15) is 52.8 Å². The van der Waals surface area contributed by atoms with Crippen molar-refractivity contribution >= 4 is 29.7 Å². The minimum absolute atomic E-state index is 0.0705. The highest BCUT2D eigenvalue weighted by Gasteiger charge is 2.40. The first kappa shape index (κ1) is 20.5. The lowest BCUT2D eigenvalue weighted by molar-refractivity contribution is -0.148. The highest BCUT2D eigenvalue weighted by atomic mass is 16.4. The Balaban J connectivity index is 1.72. The fourth-order valence-electron chi connectivity index (χ4n) is 4.06. The lowest BCUT2D eigenvalue weighted by atomic mass is 9.78. The van der Waals surface area contributed by atoms with Crippen LogP contribution >= 0.6 is 0 Å². The van der Waals surface area contributed by atoms with Crippen molar-refractivity contribution in [2.24, 2.45) is 11.8 Å². The molecule has 1 heterocycles. The third-order valence-electron chi connectivity index (χ3n) is 5.53. The first-order valence-corrected chi connectivity index (χ1v) is 9.49. The Labute approximate surface area is 166 Å². The summed E-state index contributed by atoms with van der Waals surface area (Å²) in [5.74, 6) is -5.01. The molecular formula is C20H22N2O7. The number of benzene rings is 1. The third-order valence-corrected chi connectivity index (χ3v) is 5.53. The van der Waals surface area contributed by atoms with Gasteiger partial charge in [-0.1, -0.05) is 25.0 Å². The molecule has 1 aliphatic carbocycles. The number of carboxylic acid groups (broad SMARTS) is 2. The normalized spacial score (nSPS) is 22.1. The zero-order valence-electron chi connectivity index (χ0n) is 15.7. The maximum Gasteiger partial charge on any atom is 0.326 e. The summed E-state index contributed by atoms with van der Waals surface area (Å²) in [5, 5.41) is 20.3. The molecule has 3 unspecified atom stereocenters. The van der Waals surface area contributed by atoms with E-state index in [1.807, 2.05) is 0 Å². The zero-order valence-corrected chi connectivity index (χ0v) is 15.7. The Morgan fingerprint density at radius 1 is 1.03 bits per heavy atom. The van der Waals surface area contributed by atoms with E-state index in [2.05, 4.69) is 5.32 Å². The SMILES string of the molecule is O=C(O)CC(NC(=O)C1CCCCC1CN1C(=O)c2ccccc2C1=O)C(=O)O. The maximum atomic E-state index is 12.7. The van der Waals surface area contributed by atoms with E-state index < -0.39 is 48.0 Å². The van der Waals surface area contributed by atoms with Crippen molar-refractivity contribution in [3.63, 3.8) is 0 Å². The van der Waals surface area contributed by atoms with Crippen LogP contribution in [0.2, 0.25) is 0 Å². The van der Waals surface area contributed by atoms with Crippen molar-refractivity contribution in [1.29, 1.82) is 0 Å². The second-order valence-corrected chi connectivity index (χ2v) is 7.41. The molecule has 9 nitrogen and oxygen atoms in total. The first-order chi connectivity index (χ1) is 13.8. The van der Waals surface area contributed by atoms with Crippen molar-refractivity contribution in [2.45, 2.75) is 38.1 Å². The number of carbonyl (C=O) groups excluding carboxylic acids is 3. The Hall–Kier alpha value is -3.23. The van der Waals surface area contributed by atoms with Gasteiger partial charge in [-0.05, 0) is 30.9 Å². The van der Waals surface area contributed by atoms with Crippen LogP contribution in [0.3, 0.4) is 0 Å². The molecule has 1 saturated carbocycles. The molecule has 0 saturated heterocycles. The van der Waals surface area contributed by atoms with Gasteiger partial charge in [0.25, 0.3) is 11.8 Å². The number of carboxylic acids is 2. The predicted molar refractivity (Wildman–Crippen MR) is 99.1 cm³/mol. The van der Waals surface area contributed by atoms with Gasteiger partial charge in [-0.3, -0.25) is 24.1 Å². The molecule has 0 radical (unpaired) electrons. The number of nitrogens with one attached hydrogen (secondary N) is 1. The molecule has 29 heavy (non-hydrogen) atoms. The summed E-state index contributed by atoms with van der Waals surface area (Å²) in [5.41, 5.74) is 0.670. The van der Waals surface area contributed by atoms with Crippen LogP contribution in [-0.4, -0.2) is 57.4 Å². The smallest absolute Gasteiger partial charge is 0.326 e. The Kier molecular flexibility index (Phi) is 5.95. The summed E-state index contributed by atoms with van der Waals surface area (Å²) in [6.45, 7) is 0.0705. The third kappa shape index (κ3) is 4.28. The van der Waals surface area contributed by atoms with Crippen molar-refractivity contribution in [3.05, 3.63) is 35.4 Å². The van der Waals surface area contributed by atoms with Crippen molar-refractivity contribution in [1.82, 2.24) is 10.2 Å². The van der Waals surface area contributed by atoms with Crippen LogP contribution in [0.4, 0.5) is 0 Å². The van der Waals surface area contributed by atoms with Gasteiger partial charge in [-0.2, -0.15) is 0 Å².